The lowest BCUT2D eigenvalue weighted by Crippen LogP contribution is -2.62. The summed E-state index contributed by atoms with van der Waals surface area (Å²) in [5.74, 6) is -1.07. The fourth-order valence-corrected chi connectivity index (χ4v) is 2.39. The van der Waals surface area contributed by atoms with E-state index in [-0.39, 0.29) is 19.1 Å². The van der Waals surface area contributed by atoms with Gasteiger partial charge in [-0.05, 0) is 20.3 Å². The van der Waals surface area contributed by atoms with Crippen LogP contribution in [0.2, 0.25) is 0 Å². The van der Waals surface area contributed by atoms with Gasteiger partial charge in [-0.1, -0.05) is 0 Å². The molecule has 0 aromatic heterocycles. The SMILES string of the molecule is CC1OCCC1(C)NC(=O)NC1(C(=O)O)CCOC1. The molecule has 0 spiro atoms. The maximum absolute atomic E-state index is 12.0. The smallest absolute Gasteiger partial charge is 0.332 e. The highest BCUT2D eigenvalue weighted by Crippen LogP contribution is 2.25. The van der Waals surface area contributed by atoms with Gasteiger partial charge in [-0.25, -0.2) is 9.59 Å². The summed E-state index contributed by atoms with van der Waals surface area (Å²) < 4.78 is 10.5. The van der Waals surface area contributed by atoms with Crippen molar-refractivity contribution in [3.63, 3.8) is 0 Å². The Morgan fingerprint density at radius 1 is 1.26 bits per heavy atom. The van der Waals surface area contributed by atoms with Crippen molar-refractivity contribution >= 4 is 12.0 Å². The Hall–Kier alpha value is -1.34. The van der Waals surface area contributed by atoms with E-state index in [4.69, 9.17) is 9.47 Å². The van der Waals surface area contributed by atoms with Gasteiger partial charge in [0.15, 0.2) is 5.54 Å². The van der Waals surface area contributed by atoms with E-state index in [9.17, 15) is 14.7 Å². The first-order valence-corrected chi connectivity index (χ1v) is 6.41. The van der Waals surface area contributed by atoms with E-state index in [2.05, 4.69) is 10.6 Å². The van der Waals surface area contributed by atoms with Gasteiger partial charge < -0.3 is 25.2 Å². The Bertz CT molecular complexity index is 380. The second kappa shape index (κ2) is 4.97. The third-order valence-electron chi connectivity index (χ3n) is 4.07. The molecule has 0 saturated carbocycles. The monoisotopic (exact) mass is 272 g/mol. The number of nitrogens with one attached hydrogen (secondary N) is 2. The van der Waals surface area contributed by atoms with Gasteiger partial charge in [-0.2, -0.15) is 0 Å². The van der Waals surface area contributed by atoms with Crippen molar-refractivity contribution in [2.75, 3.05) is 19.8 Å². The van der Waals surface area contributed by atoms with Crippen molar-refractivity contribution in [3.05, 3.63) is 0 Å². The van der Waals surface area contributed by atoms with Crippen LogP contribution < -0.4 is 10.6 Å². The predicted octanol–water partition coefficient (Wildman–Crippen LogP) is 0.0968. The number of carboxylic acid groups (broad SMARTS) is 1. The van der Waals surface area contributed by atoms with E-state index in [1.165, 1.54) is 0 Å². The highest BCUT2D eigenvalue weighted by molar-refractivity contribution is 5.87. The number of aliphatic carboxylic acids is 1. The molecule has 2 fully saturated rings. The van der Waals surface area contributed by atoms with Crippen LogP contribution in [-0.2, 0) is 14.3 Å². The summed E-state index contributed by atoms with van der Waals surface area (Å²) in [5.41, 5.74) is -1.79. The summed E-state index contributed by atoms with van der Waals surface area (Å²) in [6.07, 6.45) is 0.885. The molecule has 0 aromatic carbocycles. The van der Waals surface area contributed by atoms with Crippen LogP contribution in [0.15, 0.2) is 0 Å². The zero-order chi connectivity index (χ0) is 14.1. The van der Waals surface area contributed by atoms with E-state index < -0.39 is 23.1 Å². The lowest BCUT2D eigenvalue weighted by molar-refractivity contribution is -0.144. The van der Waals surface area contributed by atoms with Crippen LogP contribution in [0.4, 0.5) is 4.79 Å². The van der Waals surface area contributed by atoms with E-state index in [0.717, 1.165) is 0 Å². The van der Waals surface area contributed by atoms with Crippen LogP contribution in [0.25, 0.3) is 0 Å². The molecule has 2 amide bonds. The van der Waals surface area contributed by atoms with Crippen LogP contribution >= 0.6 is 0 Å². The number of urea groups is 1. The molecule has 2 rings (SSSR count). The average Bonchev–Trinajstić information content (AvgIpc) is 2.89. The fraction of sp³-hybridized carbons (Fsp3) is 0.833. The first kappa shape index (κ1) is 14.1. The summed E-state index contributed by atoms with van der Waals surface area (Å²) in [7, 11) is 0. The number of hydrogen-bond acceptors (Lipinski definition) is 4. The second-order valence-corrected chi connectivity index (χ2v) is 5.45. The van der Waals surface area contributed by atoms with Gasteiger partial charge in [-0.3, -0.25) is 0 Å². The molecule has 108 valence electrons. The number of rotatable bonds is 3. The second-order valence-electron chi connectivity index (χ2n) is 5.45. The minimum atomic E-state index is -1.32. The predicted molar refractivity (Wildman–Crippen MR) is 65.9 cm³/mol. The molecule has 0 bridgehead atoms. The lowest BCUT2D eigenvalue weighted by atomic mass is 9.94. The molecular weight excluding hydrogens is 252 g/mol. The van der Waals surface area contributed by atoms with Gasteiger partial charge in [-0.15, -0.1) is 0 Å². The van der Waals surface area contributed by atoms with Crippen LogP contribution in [-0.4, -0.2) is 54.1 Å². The average molecular weight is 272 g/mol. The largest absolute Gasteiger partial charge is 0.479 e. The third-order valence-corrected chi connectivity index (χ3v) is 4.07. The Morgan fingerprint density at radius 2 is 2.00 bits per heavy atom. The Morgan fingerprint density at radius 3 is 2.47 bits per heavy atom. The Labute approximate surface area is 111 Å². The molecule has 19 heavy (non-hydrogen) atoms. The van der Waals surface area contributed by atoms with Crippen LogP contribution in [0.1, 0.15) is 26.7 Å². The zero-order valence-corrected chi connectivity index (χ0v) is 11.2. The lowest BCUT2D eigenvalue weighted by Gasteiger charge is -2.31. The molecule has 2 saturated heterocycles. The van der Waals surface area contributed by atoms with Crippen molar-refractivity contribution in [3.8, 4) is 0 Å². The number of hydrogen-bond donors (Lipinski definition) is 3. The van der Waals surface area contributed by atoms with Gasteiger partial charge in [0.05, 0.1) is 18.2 Å². The van der Waals surface area contributed by atoms with E-state index in [1.54, 1.807) is 0 Å². The molecule has 2 aliphatic heterocycles. The highest BCUT2D eigenvalue weighted by Gasteiger charge is 2.45. The fourth-order valence-electron chi connectivity index (χ4n) is 2.39. The molecule has 3 unspecified atom stereocenters. The highest BCUT2D eigenvalue weighted by atomic mass is 16.5. The molecule has 2 heterocycles. The summed E-state index contributed by atoms with van der Waals surface area (Å²) >= 11 is 0. The van der Waals surface area contributed by atoms with Gasteiger partial charge in [0.25, 0.3) is 0 Å². The van der Waals surface area contributed by atoms with Crippen LogP contribution in [0.5, 0.6) is 0 Å². The van der Waals surface area contributed by atoms with E-state index in [0.29, 0.717) is 19.6 Å². The first-order chi connectivity index (χ1) is 8.88. The molecule has 0 aromatic rings. The molecule has 7 nitrogen and oxygen atoms in total. The molecular formula is C12H20N2O5. The summed E-state index contributed by atoms with van der Waals surface area (Å²) in [4.78, 5) is 23.3. The van der Waals surface area contributed by atoms with Crippen molar-refractivity contribution in [1.29, 1.82) is 0 Å². The van der Waals surface area contributed by atoms with Crippen molar-refractivity contribution in [1.82, 2.24) is 10.6 Å². The van der Waals surface area contributed by atoms with Gasteiger partial charge in [0.2, 0.25) is 0 Å². The number of carboxylic acids is 1. The van der Waals surface area contributed by atoms with E-state index in [1.807, 2.05) is 13.8 Å². The normalized spacial score (nSPS) is 38.1. The Kier molecular flexibility index (Phi) is 3.69. The molecule has 0 aliphatic carbocycles. The molecule has 3 atom stereocenters. The Balaban J connectivity index is 1.99. The van der Waals surface area contributed by atoms with Crippen molar-refractivity contribution < 1.29 is 24.2 Å². The first-order valence-electron chi connectivity index (χ1n) is 6.41. The summed E-state index contributed by atoms with van der Waals surface area (Å²) in [6.45, 7) is 4.70. The third kappa shape index (κ3) is 2.66. The summed E-state index contributed by atoms with van der Waals surface area (Å²) in [6, 6.07) is -0.493. The zero-order valence-electron chi connectivity index (χ0n) is 11.2. The minimum absolute atomic E-state index is 0.00147. The molecule has 0 radical (unpaired) electrons. The van der Waals surface area contributed by atoms with Gasteiger partial charge in [0, 0.05) is 19.6 Å². The van der Waals surface area contributed by atoms with Crippen molar-refractivity contribution in [2.24, 2.45) is 0 Å². The van der Waals surface area contributed by atoms with Crippen LogP contribution in [0, 0.1) is 0 Å². The number of ether oxygens (including phenoxy) is 2. The number of amides is 2. The standard InChI is InChI=1S/C12H20N2O5/c1-8-11(2,3-6-19-8)13-10(17)14-12(9(15)16)4-5-18-7-12/h8H,3-7H2,1-2H3,(H,15,16)(H2,13,14,17). The maximum Gasteiger partial charge on any atom is 0.332 e. The quantitative estimate of drug-likeness (QED) is 0.677. The number of carbonyl (C=O) groups excluding carboxylic acids is 1. The van der Waals surface area contributed by atoms with Gasteiger partial charge in [0.1, 0.15) is 0 Å². The molecule has 2 aliphatic rings. The van der Waals surface area contributed by atoms with Crippen molar-refractivity contribution in [2.45, 2.75) is 43.9 Å². The van der Waals surface area contributed by atoms with Gasteiger partial charge >= 0.3 is 12.0 Å². The maximum atomic E-state index is 12.0. The molecule has 7 heteroatoms. The van der Waals surface area contributed by atoms with E-state index >= 15 is 0 Å². The minimum Gasteiger partial charge on any atom is -0.479 e. The topological polar surface area (TPSA) is 96.9 Å². The summed E-state index contributed by atoms with van der Waals surface area (Å²) in [5, 5.41) is 14.6. The molecule has 3 N–H and O–H groups in total. The van der Waals surface area contributed by atoms with Crippen LogP contribution in [0.3, 0.4) is 0 Å². The number of carbonyl (C=O) groups is 2.